The summed E-state index contributed by atoms with van der Waals surface area (Å²) in [6.07, 6.45) is 3.73. The molecule has 1 saturated heterocycles. The van der Waals surface area contributed by atoms with Crippen LogP contribution in [0, 0.1) is 5.92 Å². The third kappa shape index (κ3) is 7.64. The molecule has 3 aromatic rings. The van der Waals surface area contributed by atoms with E-state index in [2.05, 4.69) is 48.4 Å². The molecule has 0 bridgehead atoms. The lowest BCUT2D eigenvalue weighted by Crippen LogP contribution is -2.40. The van der Waals surface area contributed by atoms with Crippen LogP contribution in [0.2, 0.25) is 0 Å². The maximum Gasteiger partial charge on any atom is 0.241 e. The fourth-order valence-electron chi connectivity index (χ4n) is 4.24. The van der Waals surface area contributed by atoms with Crippen LogP contribution in [0.15, 0.2) is 57.5 Å². The summed E-state index contributed by atoms with van der Waals surface area (Å²) in [6, 6.07) is 16.1. The molecule has 7 nitrogen and oxygen atoms in total. The van der Waals surface area contributed by atoms with Crippen LogP contribution in [0.5, 0.6) is 5.75 Å². The molecule has 35 heavy (non-hydrogen) atoms. The van der Waals surface area contributed by atoms with Gasteiger partial charge in [-0.3, -0.25) is 9.69 Å². The second kappa shape index (κ2) is 12.3. The van der Waals surface area contributed by atoms with Gasteiger partial charge < -0.3 is 14.6 Å². The number of benzene rings is 2. The lowest BCUT2D eigenvalue weighted by Gasteiger charge is -2.30. The van der Waals surface area contributed by atoms with Crippen molar-refractivity contribution < 1.29 is 14.1 Å². The number of hydrogen-bond donors (Lipinski definition) is 1. The van der Waals surface area contributed by atoms with Crippen molar-refractivity contribution in [1.29, 1.82) is 0 Å². The van der Waals surface area contributed by atoms with Crippen molar-refractivity contribution >= 4 is 21.8 Å². The normalized spacial score (nSPS) is 14.9. The number of halogens is 1. The van der Waals surface area contributed by atoms with Gasteiger partial charge in [0.1, 0.15) is 5.75 Å². The van der Waals surface area contributed by atoms with Gasteiger partial charge in [0.15, 0.2) is 0 Å². The van der Waals surface area contributed by atoms with Crippen LogP contribution in [0.1, 0.15) is 44.6 Å². The number of aromatic nitrogens is 2. The largest absolute Gasteiger partial charge is 0.491 e. The van der Waals surface area contributed by atoms with Crippen molar-refractivity contribution in [2.45, 2.75) is 52.2 Å². The van der Waals surface area contributed by atoms with E-state index >= 15 is 0 Å². The molecule has 0 radical (unpaired) electrons. The predicted octanol–water partition coefficient (Wildman–Crippen LogP) is 5.25. The number of aryl methyl sites for hydroxylation is 1. The molecule has 2 heterocycles. The number of carbonyl (C=O) groups is 1. The zero-order valence-corrected chi connectivity index (χ0v) is 22.0. The topological polar surface area (TPSA) is 80.5 Å². The van der Waals surface area contributed by atoms with Gasteiger partial charge in [0, 0.05) is 22.5 Å². The number of nitrogens with zero attached hydrogens (tertiary/aromatic N) is 3. The number of ether oxygens (including phenoxy) is 1. The van der Waals surface area contributed by atoms with Crippen LogP contribution >= 0.6 is 15.9 Å². The highest BCUT2D eigenvalue weighted by molar-refractivity contribution is 9.10. The van der Waals surface area contributed by atoms with Gasteiger partial charge in [0.05, 0.1) is 12.6 Å². The molecule has 0 spiro atoms. The Morgan fingerprint density at radius 1 is 1.14 bits per heavy atom. The summed E-state index contributed by atoms with van der Waals surface area (Å²) < 4.78 is 12.1. The number of carbonyl (C=O) groups excluding carboxylic acids is 1. The van der Waals surface area contributed by atoms with Gasteiger partial charge in [-0.2, -0.15) is 4.98 Å². The number of piperidine rings is 1. The Morgan fingerprint density at radius 2 is 1.86 bits per heavy atom. The molecule has 0 unspecified atom stereocenters. The third-order valence-corrected chi connectivity index (χ3v) is 6.65. The first-order valence-electron chi connectivity index (χ1n) is 12.3. The molecule has 2 aromatic carbocycles. The molecule has 0 saturated carbocycles. The Bertz CT molecular complexity index is 1070. The summed E-state index contributed by atoms with van der Waals surface area (Å²) in [5.74, 6) is 2.34. The Kier molecular flexibility index (Phi) is 8.93. The first-order chi connectivity index (χ1) is 17.0. The van der Waals surface area contributed by atoms with Gasteiger partial charge in [-0.25, -0.2) is 0 Å². The van der Waals surface area contributed by atoms with E-state index in [1.807, 2.05) is 50.2 Å². The zero-order chi connectivity index (χ0) is 24.6. The molecular weight excluding hydrogens is 508 g/mol. The minimum Gasteiger partial charge on any atom is -0.491 e. The number of amides is 1. The predicted molar refractivity (Wildman–Crippen MR) is 139 cm³/mol. The molecule has 1 fully saturated rings. The first-order valence-corrected chi connectivity index (χ1v) is 13.1. The Hall–Kier alpha value is -2.71. The maximum absolute atomic E-state index is 12.6. The van der Waals surface area contributed by atoms with Gasteiger partial charge in [0.2, 0.25) is 17.6 Å². The molecule has 4 rings (SSSR count). The average Bonchev–Trinajstić information content (AvgIpc) is 3.31. The van der Waals surface area contributed by atoms with E-state index in [9.17, 15) is 4.79 Å². The van der Waals surface area contributed by atoms with E-state index < -0.39 is 0 Å². The van der Waals surface area contributed by atoms with Crippen molar-refractivity contribution in [1.82, 2.24) is 20.4 Å². The molecule has 8 heteroatoms. The minimum atomic E-state index is 0.0692. The zero-order valence-electron chi connectivity index (χ0n) is 20.4. The number of likely N-dealkylation sites (tertiary alicyclic amines) is 1. The van der Waals surface area contributed by atoms with Crippen LogP contribution in [0.3, 0.4) is 0 Å². The van der Waals surface area contributed by atoms with Crippen LogP contribution in [0.4, 0.5) is 0 Å². The van der Waals surface area contributed by atoms with E-state index in [4.69, 9.17) is 9.26 Å². The fourth-order valence-corrected chi connectivity index (χ4v) is 4.50. The molecule has 1 aromatic heterocycles. The third-order valence-electron chi connectivity index (χ3n) is 6.12. The smallest absolute Gasteiger partial charge is 0.241 e. The van der Waals surface area contributed by atoms with Crippen LogP contribution in [-0.4, -0.2) is 46.7 Å². The van der Waals surface area contributed by atoms with Crippen molar-refractivity contribution in [2.75, 3.05) is 19.6 Å². The van der Waals surface area contributed by atoms with Gasteiger partial charge in [0.25, 0.3) is 0 Å². The van der Waals surface area contributed by atoms with Crippen LogP contribution < -0.4 is 10.1 Å². The van der Waals surface area contributed by atoms with Crippen LogP contribution in [-0.2, 0) is 17.8 Å². The number of nitrogens with one attached hydrogen (secondary N) is 1. The van der Waals surface area contributed by atoms with Crippen LogP contribution in [0.25, 0.3) is 11.4 Å². The molecule has 1 aliphatic rings. The second-order valence-electron chi connectivity index (χ2n) is 9.27. The Morgan fingerprint density at radius 3 is 2.54 bits per heavy atom. The van der Waals surface area contributed by atoms with Crippen molar-refractivity contribution in [2.24, 2.45) is 5.92 Å². The van der Waals surface area contributed by atoms with Crippen molar-refractivity contribution in [3.63, 3.8) is 0 Å². The highest BCUT2D eigenvalue weighted by atomic mass is 79.9. The Balaban J connectivity index is 1.14. The standard InChI is InChI=1S/C27H33BrN4O3/c1-19(2)34-24-11-5-20(6-12-24)4-3-15-29-27(33)22-13-16-32(17-14-22)18-25-30-26(31-35-25)21-7-9-23(28)10-8-21/h5-12,19,22H,3-4,13-18H2,1-2H3,(H,29,33). The van der Waals surface area contributed by atoms with Gasteiger partial charge in [-0.15, -0.1) is 0 Å². The summed E-state index contributed by atoms with van der Waals surface area (Å²) in [5.41, 5.74) is 2.18. The number of rotatable bonds is 10. The van der Waals surface area contributed by atoms with E-state index in [0.29, 0.717) is 24.8 Å². The summed E-state index contributed by atoms with van der Waals surface area (Å²) >= 11 is 3.44. The molecule has 186 valence electrons. The summed E-state index contributed by atoms with van der Waals surface area (Å²) in [5, 5.41) is 7.23. The summed E-state index contributed by atoms with van der Waals surface area (Å²) in [7, 11) is 0. The van der Waals surface area contributed by atoms with E-state index in [1.165, 1.54) is 5.56 Å². The second-order valence-corrected chi connectivity index (χ2v) is 10.2. The minimum absolute atomic E-state index is 0.0692. The summed E-state index contributed by atoms with van der Waals surface area (Å²) in [6.45, 7) is 7.05. The monoisotopic (exact) mass is 540 g/mol. The first kappa shape index (κ1) is 25.4. The molecule has 1 N–H and O–H groups in total. The fraction of sp³-hybridized carbons (Fsp3) is 0.444. The quantitative estimate of drug-likeness (QED) is 0.354. The summed E-state index contributed by atoms with van der Waals surface area (Å²) in [4.78, 5) is 19.4. The Labute approximate surface area is 215 Å². The van der Waals surface area contributed by atoms with Gasteiger partial charge in [-0.1, -0.05) is 33.2 Å². The molecule has 1 amide bonds. The highest BCUT2D eigenvalue weighted by Crippen LogP contribution is 2.22. The van der Waals surface area contributed by atoms with Crippen molar-refractivity contribution in [3.05, 3.63) is 64.5 Å². The van der Waals surface area contributed by atoms with Gasteiger partial charge >= 0.3 is 0 Å². The van der Waals surface area contributed by atoms with Gasteiger partial charge in [-0.05, 0) is 94.6 Å². The van der Waals surface area contributed by atoms with E-state index in [0.717, 1.165) is 54.6 Å². The lowest BCUT2D eigenvalue weighted by molar-refractivity contribution is -0.126. The van der Waals surface area contributed by atoms with E-state index in [-0.39, 0.29) is 17.9 Å². The van der Waals surface area contributed by atoms with E-state index in [1.54, 1.807) is 0 Å². The SMILES string of the molecule is CC(C)Oc1ccc(CCCNC(=O)C2CCN(Cc3nc(-c4ccc(Br)cc4)no3)CC2)cc1. The maximum atomic E-state index is 12.6. The molecular formula is C27H33BrN4O3. The van der Waals surface area contributed by atoms with Crippen molar-refractivity contribution in [3.8, 4) is 17.1 Å². The highest BCUT2D eigenvalue weighted by Gasteiger charge is 2.25. The molecule has 0 atom stereocenters. The molecule has 0 aliphatic carbocycles. The number of hydrogen-bond acceptors (Lipinski definition) is 6. The lowest BCUT2D eigenvalue weighted by atomic mass is 9.96. The average molecular weight is 541 g/mol. The molecule has 1 aliphatic heterocycles.